The van der Waals surface area contributed by atoms with Gasteiger partial charge in [0.2, 0.25) is 5.75 Å². The van der Waals surface area contributed by atoms with E-state index in [1.54, 1.807) is 18.2 Å². The first-order valence-electron chi connectivity index (χ1n) is 8.53. The van der Waals surface area contributed by atoms with Crippen molar-refractivity contribution in [1.29, 1.82) is 0 Å². The molecule has 9 heteroatoms. The van der Waals surface area contributed by atoms with E-state index < -0.39 is 18.5 Å². The Morgan fingerprint density at radius 3 is 2.28 bits per heavy atom. The maximum Gasteiger partial charge on any atom is 0.342 e. The number of amides is 2. The van der Waals surface area contributed by atoms with Crippen LogP contribution in [0.25, 0.3) is 0 Å². The van der Waals surface area contributed by atoms with E-state index in [1.807, 2.05) is 0 Å². The molecule has 0 atom stereocenters. The maximum absolute atomic E-state index is 12.4. The van der Waals surface area contributed by atoms with Crippen molar-refractivity contribution in [2.45, 2.75) is 0 Å². The third kappa shape index (κ3) is 5.16. The van der Waals surface area contributed by atoms with E-state index in [2.05, 4.69) is 10.6 Å². The molecule has 0 spiro atoms. The summed E-state index contributed by atoms with van der Waals surface area (Å²) in [7, 11) is 5.75. The van der Waals surface area contributed by atoms with E-state index in [4.69, 9.17) is 18.9 Å². The second kappa shape index (κ2) is 9.98. The van der Waals surface area contributed by atoms with Crippen LogP contribution in [0.3, 0.4) is 0 Å². The number of methoxy groups -OCH3 is 3. The van der Waals surface area contributed by atoms with Crippen LogP contribution < -0.4 is 24.8 Å². The molecule has 2 rings (SSSR count). The van der Waals surface area contributed by atoms with Gasteiger partial charge in [-0.3, -0.25) is 9.59 Å². The van der Waals surface area contributed by atoms with Gasteiger partial charge in [-0.2, -0.15) is 0 Å². The van der Waals surface area contributed by atoms with E-state index in [9.17, 15) is 14.4 Å². The molecule has 9 nitrogen and oxygen atoms in total. The summed E-state index contributed by atoms with van der Waals surface area (Å²) in [6.45, 7) is -0.527. The van der Waals surface area contributed by atoms with E-state index in [1.165, 1.54) is 46.6 Å². The third-order valence-electron chi connectivity index (χ3n) is 3.89. The SMILES string of the molecule is CNC(=O)c1cccc(NC(=O)COC(=O)c2ccc(OC)c(OC)c2OC)c1. The molecule has 0 aliphatic heterocycles. The number of anilines is 1. The van der Waals surface area contributed by atoms with Crippen LogP contribution in [0.5, 0.6) is 17.2 Å². The molecule has 2 N–H and O–H groups in total. The smallest absolute Gasteiger partial charge is 0.342 e. The van der Waals surface area contributed by atoms with Crippen molar-refractivity contribution in [2.75, 3.05) is 40.3 Å². The van der Waals surface area contributed by atoms with Crippen LogP contribution in [0.1, 0.15) is 20.7 Å². The molecule has 0 bridgehead atoms. The molecule has 2 aromatic carbocycles. The highest BCUT2D eigenvalue weighted by Gasteiger charge is 2.22. The van der Waals surface area contributed by atoms with E-state index in [-0.39, 0.29) is 23.0 Å². The fourth-order valence-electron chi connectivity index (χ4n) is 2.55. The summed E-state index contributed by atoms with van der Waals surface area (Å²) < 4.78 is 20.7. The number of carbonyl (C=O) groups is 3. The summed E-state index contributed by atoms with van der Waals surface area (Å²) in [6, 6.07) is 9.34. The molecule has 29 heavy (non-hydrogen) atoms. The Bertz CT molecular complexity index is 912. The second-order valence-corrected chi connectivity index (χ2v) is 5.67. The Kier molecular flexibility index (Phi) is 7.41. The lowest BCUT2D eigenvalue weighted by molar-refractivity contribution is -0.119. The minimum atomic E-state index is -0.767. The average molecular weight is 402 g/mol. The van der Waals surface area contributed by atoms with Crippen LogP contribution in [0.15, 0.2) is 36.4 Å². The van der Waals surface area contributed by atoms with Crippen LogP contribution in [0.4, 0.5) is 5.69 Å². The first-order chi connectivity index (χ1) is 13.9. The summed E-state index contributed by atoms with van der Waals surface area (Å²) in [5, 5.41) is 5.06. The topological polar surface area (TPSA) is 112 Å². The van der Waals surface area contributed by atoms with Gasteiger partial charge < -0.3 is 29.6 Å². The minimum Gasteiger partial charge on any atom is -0.493 e. The summed E-state index contributed by atoms with van der Waals surface area (Å²) >= 11 is 0. The fraction of sp³-hybridized carbons (Fsp3) is 0.250. The number of nitrogens with one attached hydrogen (secondary N) is 2. The zero-order valence-corrected chi connectivity index (χ0v) is 16.5. The average Bonchev–Trinajstić information content (AvgIpc) is 2.75. The summed E-state index contributed by atoms with van der Waals surface area (Å²) in [6.07, 6.45) is 0. The van der Waals surface area contributed by atoms with E-state index >= 15 is 0 Å². The highest BCUT2D eigenvalue weighted by Crippen LogP contribution is 2.39. The van der Waals surface area contributed by atoms with Gasteiger partial charge in [-0.1, -0.05) is 6.07 Å². The second-order valence-electron chi connectivity index (χ2n) is 5.67. The molecule has 0 heterocycles. The highest BCUT2D eigenvalue weighted by molar-refractivity contribution is 5.99. The number of ether oxygens (including phenoxy) is 4. The number of rotatable bonds is 8. The van der Waals surface area contributed by atoms with Crippen LogP contribution in [-0.2, 0) is 9.53 Å². The van der Waals surface area contributed by atoms with Crippen molar-refractivity contribution in [3.8, 4) is 17.2 Å². The zero-order valence-electron chi connectivity index (χ0n) is 16.5. The van der Waals surface area contributed by atoms with Crippen molar-refractivity contribution in [1.82, 2.24) is 5.32 Å². The number of carbonyl (C=O) groups excluding carboxylic acids is 3. The van der Waals surface area contributed by atoms with Crippen LogP contribution in [0, 0.1) is 0 Å². The zero-order chi connectivity index (χ0) is 21.4. The highest BCUT2D eigenvalue weighted by atomic mass is 16.5. The molecule has 0 aliphatic rings. The van der Waals surface area contributed by atoms with Crippen molar-refractivity contribution in [3.63, 3.8) is 0 Å². The number of benzene rings is 2. The lowest BCUT2D eigenvalue weighted by atomic mass is 10.1. The Balaban J connectivity index is 2.06. The van der Waals surface area contributed by atoms with Crippen molar-refractivity contribution in [2.24, 2.45) is 0 Å². The lowest BCUT2D eigenvalue weighted by Crippen LogP contribution is -2.22. The van der Waals surface area contributed by atoms with Crippen LogP contribution in [-0.4, -0.2) is 52.8 Å². The monoisotopic (exact) mass is 402 g/mol. The molecule has 0 aliphatic carbocycles. The summed E-state index contributed by atoms with van der Waals surface area (Å²) in [5.74, 6) is -0.859. The van der Waals surface area contributed by atoms with Crippen molar-refractivity contribution < 1.29 is 33.3 Å². The van der Waals surface area contributed by atoms with Crippen molar-refractivity contribution >= 4 is 23.5 Å². The molecule has 2 aromatic rings. The Hall–Kier alpha value is -3.75. The number of esters is 1. The molecule has 0 saturated heterocycles. The van der Waals surface area contributed by atoms with E-state index in [0.717, 1.165) is 0 Å². The van der Waals surface area contributed by atoms with Gasteiger partial charge in [-0.25, -0.2) is 4.79 Å². The Labute approximate surface area is 167 Å². The Morgan fingerprint density at radius 2 is 1.66 bits per heavy atom. The maximum atomic E-state index is 12.4. The predicted molar refractivity (Wildman–Crippen MR) is 105 cm³/mol. The van der Waals surface area contributed by atoms with Gasteiger partial charge in [0.05, 0.1) is 21.3 Å². The van der Waals surface area contributed by atoms with Gasteiger partial charge in [0, 0.05) is 18.3 Å². The number of hydrogen-bond acceptors (Lipinski definition) is 7. The molecular formula is C20H22N2O7. The van der Waals surface area contributed by atoms with Gasteiger partial charge >= 0.3 is 5.97 Å². The van der Waals surface area contributed by atoms with E-state index in [0.29, 0.717) is 17.0 Å². The van der Waals surface area contributed by atoms with Gasteiger partial charge in [-0.05, 0) is 30.3 Å². The molecule has 2 amide bonds. The normalized spacial score (nSPS) is 9.93. The minimum absolute atomic E-state index is 0.0829. The molecule has 0 fully saturated rings. The van der Waals surface area contributed by atoms with Gasteiger partial charge in [-0.15, -0.1) is 0 Å². The first kappa shape index (κ1) is 21.5. The number of hydrogen-bond donors (Lipinski definition) is 2. The molecule has 0 radical (unpaired) electrons. The van der Waals surface area contributed by atoms with Gasteiger partial charge in [0.1, 0.15) is 5.56 Å². The van der Waals surface area contributed by atoms with Crippen LogP contribution in [0.2, 0.25) is 0 Å². The summed E-state index contributed by atoms with van der Waals surface area (Å²) in [4.78, 5) is 36.2. The van der Waals surface area contributed by atoms with Crippen LogP contribution >= 0.6 is 0 Å². The molecule has 154 valence electrons. The molecule has 0 aromatic heterocycles. The lowest BCUT2D eigenvalue weighted by Gasteiger charge is -2.15. The third-order valence-corrected chi connectivity index (χ3v) is 3.89. The largest absolute Gasteiger partial charge is 0.493 e. The standard InChI is InChI=1S/C20H22N2O7/c1-21-19(24)12-6-5-7-13(10-12)22-16(23)11-29-20(25)14-8-9-15(26-2)18(28-4)17(14)27-3/h5-10H,11H2,1-4H3,(H,21,24)(H,22,23). The van der Waals surface area contributed by atoms with Gasteiger partial charge in [0.15, 0.2) is 18.1 Å². The summed E-state index contributed by atoms with van der Waals surface area (Å²) in [5.41, 5.74) is 0.868. The Morgan fingerprint density at radius 1 is 0.931 bits per heavy atom. The fourth-order valence-corrected chi connectivity index (χ4v) is 2.55. The first-order valence-corrected chi connectivity index (χ1v) is 8.53. The molecule has 0 unspecified atom stereocenters. The quantitative estimate of drug-likeness (QED) is 0.648. The van der Waals surface area contributed by atoms with Gasteiger partial charge in [0.25, 0.3) is 11.8 Å². The molecular weight excluding hydrogens is 380 g/mol. The van der Waals surface area contributed by atoms with Crippen molar-refractivity contribution in [3.05, 3.63) is 47.5 Å². The molecule has 0 saturated carbocycles. The predicted octanol–water partition coefficient (Wildman–Crippen LogP) is 1.87.